The summed E-state index contributed by atoms with van der Waals surface area (Å²) in [5.74, 6) is 0. The summed E-state index contributed by atoms with van der Waals surface area (Å²) in [6, 6.07) is -0.111. The molecule has 1 N–H and O–H groups in total. The molecule has 1 saturated heterocycles. The van der Waals surface area contributed by atoms with E-state index in [-0.39, 0.29) is 23.4 Å². The van der Waals surface area contributed by atoms with Crippen LogP contribution < -0.4 is 5.56 Å². The van der Waals surface area contributed by atoms with Crippen molar-refractivity contribution in [2.24, 2.45) is 5.41 Å². The third kappa shape index (κ3) is 2.47. The molecule has 1 aromatic rings. The first kappa shape index (κ1) is 14.6. The number of rotatable bonds is 1. The second-order valence-corrected chi connectivity index (χ2v) is 6.73. The van der Waals surface area contributed by atoms with E-state index in [0.717, 1.165) is 19.5 Å². The fourth-order valence-electron chi connectivity index (χ4n) is 3.52. The van der Waals surface area contributed by atoms with Gasteiger partial charge in [-0.3, -0.25) is 9.69 Å². The van der Waals surface area contributed by atoms with Crippen LogP contribution in [0, 0.1) is 5.41 Å². The second kappa shape index (κ2) is 4.56. The fraction of sp³-hybridized carbons (Fsp3) is 0.714. The van der Waals surface area contributed by atoms with Gasteiger partial charge in [-0.2, -0.15) is 18.3 Å². The summed E-state index contributed by atoms with van der Waals surface area (Å²) in [5, 5.41) is 5.96. The van der Waals surface area contributed by atoms with Crippen LogP contribution in [-0.4, -0.2) is 28.2 Å². The average Bonchev–Trinajstić information content (AvgIpc) is 2.90. The van der Waals surface area contributed by atoms with Crippen molar-refractivity contribution in [1.82, 2.24) is 15.1 Å². The molecule has 1 aliphatic heterocycles. The summed E-state index contributed by atoms with van der Waals surface area (Å²) in [6.07, 6.45) is -2.74. The molecule has 1 atom stereocenters. The number of halogens is 3. The summed E-state index contributed by atoms with van der Waals surface area (Å²) in [6.45, 7) is 6.02. The molecule has 0 amide bonds. The summed E-state index contributed by atoms with van der Waals surface area (Å²) in [4.78, 5) is 13.7. The zero-order valence-corrected chi connectivity index (χ0v) is 12.0. The van der Waals surface area contributed by atoms with E-state index in [1.807, 2.05) is 5.10 Å². The van der Waals surface area contributed by atoms with Gasteiger partial charge in [0, 0.05) is 6.54 Å². The van der Waals surface area contributed by atoms with Crippen molar-refractivity contribution in [2.75, 3.05) is 13.1 Å². The molecular weight excluding hydrogens is 283 g/mol. The molecule has 4 nitrogen and oxygen atoms in total. The summed E-state index contributed by atoms with van der Waals surface area (Å²) >= 11 is 0. The maximum Gasteiger partial charge on any atom is 0.422 e. The molecule has 0 bridgehead atoms. The minimum absolute atomic E-state index is 0.0842. The smallest absolute Gasteiger partial charge is 0.294 e. The van der Waals surface area contributed by atoms with Crippen LogP contribution in [0.15, 0.2) is 4.79 Å². The van der Waals surface area contributed by atoms with Gasteiger partial charge in [-0.15, -0.1) is 0 Å². The Morgan fingerprint density at radius 3 is 2.67 bits per heavy atom. The highest BCUT2D eigenvalue weighted by molar-refractivity contribution is 5.36. The quantitative estimate of drug-likeness (QED) is 0.867. The van der Waals surface area contributed by atoms with Crippen molar-refractivity contribution in [3.8, 4) is 0 Å². The lowest BCUT2D eigenvalue weighted by Crippen LogP contribution is -2.30. The number of likely N-dealkylation sites (tertiary alicyclic amines) is 1. The Labute approximate surface area is 120 Å². The molecule has 3 rings (SSSR count). The number of alkyl halides is 3. The zero-order chi connectivity index (χ0) is 15.4. The Hall–Kier alpha value is -1.37. The van der Waals surface area contributed by atoms with Gasteiger partial charge in [-0.25, -0.2) is 5.10 Å². The molecule has 2 aliphatic rings. The van der Waals surface area contributed by atoms with Crippen molar-refractivity contribution in [2.45, 2.75) is 45.3 Å². The first-order valence-corrected chi connectivity index (χ1v) is 7.12. The van der Waals surface area contributed by atoms with Crippen LogP contribution in [0.4, 0.5) is 13.2 Å². The van der Waals surface area contributed by atoms with E-state index in [2.05, 4.69) is 23.8 Å². The molecule has 2 heterocycles. The number of H-pyrrole nitrogens is 1. The molecule has 21 heavy (non-hydrogen) atoms. The molecule has 0 aromatic carbocycles. The molecule has 1 fully saturated rings. The van der Waals surface area contributed by atoms with E-state index in [0.29, 0.717) is 12.1 Å². The van der Waals surface area contributed by atoms with Crippen LogP contribution in [-0.2, 0) is 12.6 Å². The molecule has 1 unspecified atom stereocenters. The predicted molar refractivity (Wildman–Crippen MR) is 70.9 cm³/mol. The number of nitrogens with zero attached hydrogens (tertiary/aromatic N) is 2. The Kier molecular flexibility index (Phi) is 3.16. The Bertz CT molecular complexity index is 621. The fourth-order valence-corrected chi connectivity index (χ4v) is 3.52. The number of hydrogen-bond donors (Lipinski definition) is 1. The summed E-state index contributed by atoms with van der Waals surface area (Å²) in [5.41, 5.74) is -1.53. The first-order valence-electron chi connectivity index (χ1n) is 7.12. The third-order valence-electron chi connectivity index (χ3n) is 4.53. The van der Waals surface area contributed by atoms with Gasteiger partial charge in [0.15, 0.2) is 0 Å². The summed E-state index contributed by atoms with van der Waals surface area (Å²) < 4.78 is 39.2. The molecule has 1 aliphatic carbocycles. The Balaban J connectivity index is 1.99. The second-order valence-electron chi connectivity index (χ2n) is 6.73. The van der Waals surface area contributed by atoms with E-state index in [1.165, 1.54) is 0 Å². The molecule has 116 valence electrons. The largest absolute Gasteiger partial charge is 0.422 e. The van der Waals surface area contributed by atoms with E-state index in [4.69, 9.17) is 0 Å². The lowest BCUT2D eigenvalue weighted by Gasteiger charge is -2.25. The number of aromatic amines is 1. The number of fused-ring (bicyclic) bond motifs is 1. The van der Waals surface area contributed by atoms with E-state index in [9.17, 15) is 18.0 Å². The molecule has 0 spiro atoms. The lowest BCUT2D eigenvalue weighted by atomic mass is 9.93. The van der Waals surface area contributed by atoms with E-state index < -0.39 is 17.3 Å². The van der Waals surface area contributed by atoms with Gasteiger partial charge in [-0.1, -0.05) is 13.8 Å². The monoisotopic (exact) mass is 301 g/mol. The summed E-state index contributed by atoms with van der Waals surface area (Å²) in [7, 11) is 0. The topological polar surface area (TPSA) is 49.0 Å². The highest BCUT2D eigenvalue weighted by Crippen LogP contribution is 2.43. The van der Waals surface area contributed by atoms with Crippen molar-refractivity contribution in [3.05, 3.63) is 27.2 Å². The Morgan fingerprint density at radius 2 is 2.10 bits per heavy atom. The van der Waals surface area contributed by atoms with E-state index in [1.54, 1.807) is 0 Å². The first-order chi connectivity index (χ1) is 9.69. The molecular formula is C14H18F3N3O. The van der Waals surface area contributed by atoms with Gasteiger partial charge in [0.05, 0.1) is 11.7 Å². The van der Waals surface area contributed by atoms with Crippen LogP contribution in [0.25, 0.3) is 0 Å². The minimum Gasteiger partial charge on any atom is -0.294 e. The zero-order valence-electron chi connectivity index (χ0n) is 12.0. The SMILES string of the molecule is CC1(C)CCN(C2CCc3c2n[nH]c(=O)c3C(F)(F)F)C1. The maximum absolute atomic E-state index is 13.1. The number of nitrogens with one attached hydrogen (secondary N) is 1. The van der Waals surface area contributed by atoms with Crippen LogP contribution in [0.2, 0.25) is 0 Å². The molecule has 7 heteroatoms. The lowest BCUT2D eigenvalue weighted by molar-refractivity contribution is -0.139. The average molecular weight is 301 g/mol. The standard InChI is InChI=1S/C14H18F3N3O/c1-13(2)5-6-20(7-13)9-4-3-8-10(14(15,16)17)12(21)19-18-11(8)9/h9H,3-7H2,1-2H3,(H,19,21). The molecule has 0 radical (unpaired) electrons. The molecule has 0 saturated carbocycles. The van der Waals surface area contributed by atoms with E-state index >= 15 is 0 Å². The van der Waals surface area contributed by atoms with Crippen LogP contribution in [0.3, 0.4) is 0 Å². The van der Waals surface area contributed by atoms with Crippen molar-refractivity contribution >= 4 is 0 Å². The van der Waals surface area contributed by atoms with Gasteiger partial charge in [0.1, 0.15) is 5.56 Å². The third-order valence-corrected chi connectivity index (χ3v) is 4.53. The Morgan fingerprint density at radius 1 is 1.38 bits per heavy atom. The van der Waals surface area contributed by atoms with Crippen molar-refractivity contribution in [3.63, 3.8) is 0 Å². The maximum atomic E-state index is 13.1. The van der Waals surface area contributed by atoms with Crippen LogP contribution in [0.5, 0.6) is 0 Å². The van der Waals surface area contributed by atoms with Crippen LogP contribution in [0.1, 0.15) is 49.6 Å². The van der Waals surface area contributed by atoms with Crippen molar-refractivity contribution < 1.29 is 13.2 Å². The normalized spacial score (nSPS) is 25.3. The number of hydrogen-bond acceptors (Lipinski definition) is 3. The van der Waals surface area contributed by atoms with Gasteiger partial charge in [0.2, 0.25) is 0 Å². The van der Waals surface area contributed by atoms with Gasteiger partial charge >= 0.3 is 6.18 Å². The molecule has 1 aromatic heterocycles. The van der Waals surface area contributed by atoms with Gasteiger partial charge in [0.25, 0.3) is 5.56 Å². The van der Waals surface area contributed by atoms with Crippen molar-refractivity contribution in [1.29, 1.82) is 0 Å². The van der Waals surface area contributed by atoms with Gasteiger partial charge in [-0.05, 0) is 36.8 Å². The predicted octanol–water partition coefficient (Wildman–Crippen LogP) is 2.51. The highest BCUT2D eigenvalue weighted by atomic mass is 19.4. The number of aromatic nitrogens is 2. The van der Waals surface area contributed by atoms with Crippen LogP contribution >= 0.6 is 0 Å². The highest BCUT2D eigenvalue weighted by Gasteiger charge is 2.44. The minimum atomic E-state index is -4.63. The van der Waals surface area contributed by atoms with Gasteiger partial charge < -0.3 is 0 Å².